The summed E-state index contributed by atoms with van der Waals surface area (Å²) in [5.41, 5.74) is 4.63. The van der Waals surface area contributed by atoms with Crippen LogP contribution in [0.25, 0.3) is 0 Å². The normalized spacial score (nSPS) is 47.2. The number of hydrogen-bond acceptors (Lipinski definition) is 1. The van der Waals surface area contributed by atoms with Crippen molar-refractivity contribution in [1.29, 1.82) is 0 Å². The van der Waals surface area contributed by atoms with Gasteiger partial charge in [-0.25, -0.2) is 0 Å². The van der Waals surface area contributed by atoms with Crippen LogP contribution in [0.1, 0.15) is 113 Å². The van der Waals surface area contributed by atoms with Crippen molar-refractivity contribution in [3.05, 3.63) is 23.8 Å². The highest BCUT2D eigenvalue weighted by Crippen LogP contribution is 2.72. The Morgan fingerprint density at radius 3 is 2.44 bits per heavy atom. The molecular formula is C31H52O. The third-order valence-corrected chi connectivity index (χ3v) is 12.1. The molecule has 4 aliphatic rings. The zero-order chi connectivity index (χ0) is 23.7. The molecule has 0 saturated heterocycles. The van der Waals surface area contributed by atoms with Crippen molar-refractivity contribution < 1.29 is 5.11 Å². The third kappa shape index (κ3) is 3.50. The maximum Gasteiger partial charge on any atom is 0.0569 e. The van der Waals surface area contributed by atoms with Crippen LogP contribution in [0.15, 0.2) is 23.8 Å². The summed E-state index contributed by atoms with van der Waals surface area (Å²) >= 11 is 0. The molecule has 1 N–H and O–H groups in total. The predicted octanol–water partition coefficient (Wildman–Crippen LogP) is 8.58. The van der Waals surface area contributed by atoms with Gasteiger partial charge >= 0.3 is 0 Å². The highest BCUT2D eigenvalue weighted by atomic mass is 16.3. The summed E-state index contributed by atoms with van der Waals surface area (Å²) in [5.74, 6) is 3.47. The Kier molecular flexibility index (Phi) is 6.14. The van der Waals surface area contributed by atoms with Crippen LogP contribution in [-0.2, 0) is 0 Å². The molecule has 4 rings (SSSR count). The maximum atomic E-state index is 10.6. The predicted molar refractivity (Wildman–Crippen MR) is 137 cm³/mol. The van der Waals surface area contributed by atoms with Crippen LogP contribution in [-0.4, -0.2) is 11.2 Å². The molecule has 0 amide bonds. The zero-order valence-electron chi connectivity index (χ0n) is 22.6. The highest BCUT2D eigenvalue weighted by Gasteiger charge is 2.64. The van der Waals surface area contributed by atoms with Gasteiger partial charge in [-0.3, -0.25) is 0 Å². The fourth-order valence-electron chi connectivity index (χ4n) is 9.27. The molecule has 32 heavy (non-hydrogen) atoms. The van der Waals surface area contributed by atoms with Crippen LogP contribution >= 0.6 is 0 Å². The van der Waals surface area contributed by atoms with Crippen molar-refractivity contribution in [3.8, 4) is 0 Å². The number of allylic oxidation sites excluding steroid dienone is 3. The Morgan fingerprint density at radius 1 is 1.09 bits per heavy atom. The van der Waals surface area contributed by atoms with Crippen LogP contribution in [0.5, 0.6) is 0 Å². The average molecular weight is 441 g/mol. The van der Waals surface area contributed by atoms with Crippen molar-refractivity contribution in [2.75, 3.05) is 0 Å². The zero-order valence-corrected chi connectivity index (χ0v) is 22.6. The quantitative estimate of drug-likeness (QED) is 0.434. The van der Waals surface area contributed by atoms with Gasteiger partial charge in [-0.2, -0.15) is 0 Å². The largest absolute Gasteiger partial charge is 0.393 e. The van der Waals surface area contributed by atoms with Gasteiger partial charge in [0.1, 0.15) is 0 Å². The van der Waals surface area contributed by atoms with E-state index in [0.717, 1.165) is 24.2 Å². The van der Waals surface area contributed by atoms with Gasteiger partial charge in [0.05, 0.1) is 6.10 Å². The molecule has 9 atom stereocenters. The molecule has 4 aliphatic carbocycles. The SMILES string of the molecule is C=C(CC[C@@H](C)[C@H]1CC[C@@]2(C)[C@@H]3CC[C@H]4[C@H](C)[C@@H](O)CC[C@]4(C)C3=CC[C@]12C)C(C)(C)C. The third-order valence-electron chi connectivity index (χ3n) is 12.1. The van der Waals surface area contributed by atoms with Crippen LogP contribution < -0.4 is 0 Å². The minimum Gasteiger partial charge on any atom is -0.393 e. The highest BCUT2D eigenvalue weighted by molar-refractivity contribution is 5.32. The summed E-state index contributed by atoms with van der Waals surface area (Å²) in [5, 5.41) is 10.6. The number of fused-ring (bicyclic) bond motifs is 5. The lowest BCUT2D eigenvalue weighted by atomic mass is 9.43. The van der Waals surface area contributed by atoms with E-state index in [2.05, 4.69) is 68.0 Å². The minimum atomic E-state index is -0.0887. The lowest BCUT2D eigenvalue weighted by Crippen LogP contribution is -2.55. The molecule has 0 bridgehead atoms. The molecule has 0 radical (unpaired) electrons. The van der Waals surface area contributed by atoms with Crippen LogP contribution in [0.3, 0.4) is 0 Å². The van der Waals surface area contributed by atoms with Crippen LogP contribution in [0.2, 0.25) is 0 Å². The molecule has 3 fully saturated rings. The lowest BCUT2D eigenvalue weighted by Gasteiger charge is -2.62. The topological polar surface area (TPSA) is 20.2 Å². The van der Waals surface area contributed by atoms with Crippen LogP contribution in [0.4, 0.5) is 0 Å². The van der Waals surface area contributed by atoms with Gasteiger partial charge in [-0.15, -0.1) is 0 Å². The minimum absolute atomic E-state index is 0.0887. The first kappa shape index (κ1) is 24.6. The summed E-state index contributed by atoms with van der Waals surface area (Å²) in [6.45, 7) is 24.1. The van der Waals surface area contributed by atoms with E-state index in [9.17, 15) is 5.11 Å². The Labute approximate surface area is 199 Å². The molecule has 0 aromatic rings. The van der Waals surface area contributed by atoms with E-state index >= 15 is 0 Å². The first-order valence-electron chi connectivity index (χ1n) is 13.8. The van der Waals surface area contributed by atoms with Crippen molar-refractivity contribution in [2.45, 2.75) is 119 Å². The molecule has 1 heteroatoms. The molecule has 0 aliphatic heterocycles. The van der Waals surface area contributed by atoms with Gasteiger partial charge in [-0.05, 0) is 109 Å². The van der Waals surface area contributed by atoms with E-state index in [0.29, 0.717) is 28.1 Å². The van der Waals surface area contributed by atoms with Gasteiger partial charge in [0.2, 0.25) is 0 Å². The van der Waals surface area contributed by atoms with Gasteiger partial charge in [0.15, 0.2) is 0 Å². The van der Waals surface area contributed by atoms with Crippen LogP contribution in [0, 0.1) is 51.2 Å². The summed E-state index contributed by atoms with van der Waals surface area (Å²) in [6.07, 6.45) is 14.0. The standard InChI is InChI=1S/C31H52O/c1-20(10-11-21(2)28(4,5)6)23-14-18-31(9)26-13-12-24-22(3)27(32)16-17-29(24,7)25(26)15-19-30(23,31)8/h15,20,22-24,26-27,32H,2,10-14,16-19H2,1,3-9H3/t20-,22+,23-,24+,26-,27+,29+,30-,31+/m1/s1. The number of aliphatic hydroxyl groups is 1. The Balaban J connectivity index is 1.57. The number of rotatable bonds is 4. The Hall–Kier alpha value is -0.560. The number of aliphatic hydroxyl groups excluding tert-OH is 1. The molecule has 182 valence electrons. The second-order valence-corrected chi connectivity index (χ2v) is 14.3. The molecule has 0 spiro atoms. The molecule has 0 aromatic heterocycles. The Bertz CT molecular complexity index is 770. The van der Waals surface area contributed by atoms with E-state index < -0.39 is 0 Å². The second-order valence-electron chi connectivity index (χ2n) is 14.3. The molecule has 3 saturated carbocycles. The van der Waals surface area contributed by atoms with Crippen molar-refractivity contribution in [3.63, 3.8) is 0 Å². The molecule has 0 aromatic carbocycles. The van der Waals surface area contributed by atoms with E-state index in [1.54, 1.807) is 0 Å². The van der Waals surface area contributed by atoms with Gasteiger partial charge < -0.3 is 5.11 Å². The van der Waals surface area contributed by atoms with Gasteiger partial charge in [0.25, 0.3) is 0 Å². The Morgan fingerprint density at radius 2 is 1.78 bits per heavy atom. The summed E-state index contributed by atoms with van der Waals surface area (Å²) in [4.78, 5) is 0. The van der Waals surface area contributed by atoms with Crippen molar-refractivity contribution in [1.82, 2.24) is 0 Å². The van der Waals surface area contributed by atoms with Gasteiger partial charge in [0, 0.05) is 0 Å². The average Bonchev–Trinajstić information content (AvgIpc) is 3.00. The monoisotopic (exact) mass is 440 g/mol. The van der Waals surface area contributed by atoms with E-state index in [1.165, 1.54) is 56.9 Å². The summed E-state index contributed by atoms with van der Waals surface area (Å²) < 4.78 is 0. The smallest absolute Gasteiger partial charge is 0.0569 e. The first-order valence-corrected chi connectivity index (χ1v) is 13.8. The molecule has 0 heterocycles. The fourth-order valence-corrected chi connectivity index (χ4v) is 9.27. The van der Waals surface area contributed by atoms with Crippen molar-refractivity contribution >= 4 is 0 Å². The second kappa shape index (κ2) is 8.00. The van der Waals surface area contributed by atoms with E-state index in [1.807, 2.05) is 5.57 Å². The molecule has 0 unspecified atom stereocenters. The first-order chi connectivity index (χ1) is 14.8. The molecule has 1 nitrogen and oxygen atoms in total. The summed E-state index contributed by atoms with van der Waals surface area (Å²) in [7, 11) is 0. The molecular weight excluding hydrogens is 388 g/mol. The fraction of sp³-hybridized carbons (Fsp3) is 0.871. The lowest BCUT2D eigenvalue weighted by molar-refractivity contribution is -0.0779. The van der Waals surface area contributed by atoms with E-state index in [-0.39, 0.29) is 11.5 Å². The van der Waals surface area contributed by atoms with E-state index in [4.69, 9.17) is 0 Å². The van der Waals surface area contributed by atoms with Crippen molar-refractivity contribution in [2.24, 2.45) is 51.2 Å². The summed E-state index contributed by atoms with van der Waals surface area (Å²) in [6, 6.07) is 0. The number of hydrogen-bond donors (Lipinski definition) is 1. The maximum absolute atomic E-state index is 10.6. The van der Waals surface area contributed by atoms with Gasteiger partial charge in [-0.1, -0.05) is 79.2 Å².